The molecule has 2 aliphatic rings. The van der Waals surface area contributed by atoms with Crippen molar-refractivity contribution in [3.8, 4) is 23.1 Å². The van der Waals surface area contributed by atoms with Gasteiger partial charge >= 0.3 is 0 Å². The van der Waals surface area contributed by atoms with E-state index in [2.05, 4.69) is 53.0 Å². The van der Waals surface area contributed by atoms with Crippen LogP contribution in [0.5, 0.6) is 0 Å². The number of hydrogen-bond donors (Lipinski definition) is 2. The SMILES string of the molecule is CC#CC(=O)C[C@@H]1CCCN(c2ccnc(CC(=O)Nc3ccc(-c4cc5c(N6CCOCC6)ncnc5[nH]4)cc3)c2)C1. The fourth-order valence-electron chi connectivity index (χ4n) is 5.89. The van der Waals surface area contributed by atoms with Crippen molar-refractivity contribution in [3.05, 3.63) is 60.7 Å². The van der Waals surface area contributed by atoms with Crippen LogP contribution in [0.4, 0.5) is 17.2 Å². The van der Waals surface area contributed by atoms with Crippen LogP contribution in [0.1, 0.15) is 31.9 Å². The number of carbonyl (C=O) groups excluding carboxylic acids is 2. The van der Waals surface area contributed by atoms with E-state index in [9.17, 15) is 9.59 Å². The Balaban J connectivity index is 1.08. The zero-order valence-electron chi connectivity index (χ0n) is 24.3. The molecule has 10 nitrogen and oxygen atoms in total. The molecule has 2 N–H and O–H groups in total. The van der Waals surface area contributed by atoms with Gasteiger partial charge in [0.15, 0.2) is 0 Å². The van der Waals surface area contributed by atoms with Gasteiger partial charge in [-0.2, -0.15) is 0 Å². The van der Waals surface area contributed by atoms with Gasteiger partial charge < -0.3 is 24.8 Å². The molecule has 4 aromatic rings. The number of aromatic nitrogens is 4. The molecule has 10 heteroatoms. The van der Waals surface area contributed by atoms with Crippen molar-refractivity contribution in [2.24, 2.45) is 5.92 Å². The smallest absolute Gasteiger partial charge is 0.230 e. The number of nitrogens with one attached hydrogen (secondary N) is 2. The van der Waals surface area contributed by atoms with Gasteiger partial charge in [0.2, 0.25) is 11.7 Å². The van der Waals surface area contributed by atoms with Gasteiger partial charge in [0.25, 0.3) is 0 Å². The van der Waals surface area contributed by atoms with Crippen LogP contribution in [0.25, 0.3) is 22.3 Å². The molecule has 0 bridgehead atoms. The Morgan fingerprint density at radius 1 is 1.05 bits per heavy atom. The molecule has 43 heavy (non-hydrogen) atoms. The maximum absolute atomic E-state index is 12.9. The summed E-state index contributed by atoms with van der Waals surface area (Å²) in [6, 6.07) is 13.8. The molecule has 5 heterocycles. The number of aromatic amines is 1. The first-order valence-corrected chi connectivity index (χ1v) is 14.8. The van der Waals surface area contributed by atoms with Crippen LogP contribution in [0.3, 0.4) is 0 Å². The van der Waals surface area contributed by atoms with Gasteiger partial charge in [-0.15, -0.1) is 0 Å². The molecule has 0 aliphatic carbocycles. The molecule has 2 fully saturated rings. The standard InChI is InChI=1S/C33H35N7O3/c1-2-4-28(41)17-23-5-3-12-40(21-23)27-10-11-34-26(18-27)19-31(42)37-25-8-6-24(7-9-25)30-20-29-32(38-30)35-22-36-33(29)39-13-15-43-16-14-39/h6-11,18,20,22-23H,3,5,12-17,19,21H2,1H3,(H,37,42)(H,35,36,38)/t23-/m0/s1. The van der Waals surface area contributed by atoms with Crippen LogP contribution in [0.2, 0.25) is 0 Å². The molecule has 220 valence electrons. The number of nitrogens with zero attached hydrogens (tertiary/aromatic N) is 5. The van der Waals surface area contributed by atoms with Gasteiger partial charge in [-0.25, -0.2) is 9.97 Å². The summed E-state index contributed by atoms with van der Waals surface area (Å²) in [5.41, 5.74) is 5.16. The average molecular weight is 578 g/mol. The first-order valence-electron chi connectivity index (χ1n) is 14.8. The maximum Gasteiger partial charge on any atom is 0.230 e. The van der Waals surface area contributed by atoms with Crippen molar-refractivity contribution in [2.45, 2.75) is 32.6 Å². The van der Waals surface area contributed by atoms with Gasteiger partial charge in [0.05, 0.1) is 30.7 Å². The molecular weight excluding hydrogens is 542 g/mol. The van der Waals surface area contributed by atoms with Crippen LogP contribution in [-0.4, -0.2) is 71.0 Å². The topological polar surface area (TPSA) is 116 Å². The number of ketones is 1. The number of pyridine rings is 1. The fraction of sp³-hybridized carbons (Fsp3) is 0.364. The van der Waals surface area contributed by atoms with E-state index in [-0.39, 0.29) is 24.0 Å². The number of ether oxygens (including phenoxy) is 1. The molecule has 0 saturated carbocycles. The molecule has 0 radical (unpaired) electrons. The summed E-state index contributed by atoms with van der Waals surface area (Å²) in [4.78, 5) is 46.2. The summed E-state index contributed by atoms with van der Waals surface area (Å²) >= 11 is 0. The minimum absolute atomic E-state index is 0.00280. The number of benzene rings is 1. The van der Waals surface area contributed by atoms with E-state index in [0.29, 0.717) is 31.0 Å². The highest BCUT2D eigenvalue weighted by molar-refractivity contribution is 5.95. The van der Waals surface area contributed by atoms with Crippen molar-refractivity contribution >= 4 is 39.9 Å². The zero-order valence-corrected chi connectivity index (χ0v) is 24.3. The van der Waals surface area contributed by atoms with E-state index in [1.807, 2.05) is 36.4 Å². The Bertz CT molecular complexity index is 1670. The molecule has 2 saturated heterocycles. The number of hydrogen-bond acceptors (Lipinski definition) is 8. The highest BCUT2D eigenvalue weighted by atomic mass is 16.5. The number of H-pyrrole nitrogens is 1. The molecule has 6 rings (SSSR count). The summed E-state index contributed by atoms with van der Waals surface area (Å²) in [5.74, 6) is 6.42. The maximum atomic E-state index is 12.9. The minimum atomic E-state index is -0.131. The number of fused-ring (bicyclic) bond motifs is 1. The number of anilines is 3. The van der Waals surface area contributed by atoms with E-state index in [4.69, 9.17) is 4.74 Å². The normalized spacial score (nSPS) is 16.9. The quantitative estimate of drug-likeness (QED) is 0.236. The largest absolute Gasteiger partial charge is 0.378 e. The highest BCUT2D eigenvalue weighted by Gasteiger charge is 2.23. The Hall–Kier alpha value is -4.75. The molecule has 1 amide bonds. The average Bonchev–Trinajstić information content (AvgIpc) is 3.47. The number of carbonyl (C=O) groups is 2. The molecule has 1 atom stereocenters. The van der Waals surface area contributed by atoms with Crippen LogP contribution in [0, 0.1) is 17.8 Å². The van der Waals surface area contributed by atoms with E-state index in [0.717, 1.165) is 72.8 Å². The van der Waals surface area contributed by atoms with Gasteiger partial charge in [-0.1, -0.05) is 18.1 Å². The second-order valence-electron chi connectivity index (χ2n) is 11.0. The Morgan fingerprint density at radius 3 is 2.70 bits per heavy atom. The van der Waals surface area contributed by atoms with E-state index in [1.54, 1.807) is 19.4 Å². The second-order valence-corrected chi connectivity index (χ2v) is 11.0. The summed E-state index contributed by atoms with van der Waals surface area (Å²) in [6.07, 6.45) is 6.04. The first kappa shape index (κ1) is 28.4. The van der Waals surface area contributed by atoms with Crippen LogP contribution in [-0.2, 0) is 20.7 Å². The summed E-state index contributed by atoms with van der Waals surface area (Å²) < 4.78 is 5.49. The summed E-state index contributed by atoms with van der Waals surface area (Å²) in [6.45, 7) is 6.40. The van der Waals surface area contributed by atoms with Crippen molar-refractivity contribution in [3.63, 3.8) is 0 Å². The molecule has 0 unspecified atom stereocenters. The van der Waals surface area contributed by atoms with Gasteiger partial charge in [-0.05, 0) is 67.5 Å². The predicted molar refractivity (Wildman–Crippen MR) is 167 cm³/mol. The Morgan fingerprint density at radius 2 is 1.88 bits per heavy atom. The summed E-state index contributed by atoms with van der Waals surface area (Å²) in [7, 11) is 0. The number of amides is 1. The molecule has 0 spiro atoms. The molecular formula is C33H35N7O3. The monoisotopic (exact) mass is 577 g/mol. The van der Waals surface area contributed by atoms with E-state index in [1.165, 1.54) is 0 Å². The van der Waals surface area contributed by atoms with Crippen molar-refractivity contribution in [1.29, 1.82) is 0 Å². The minimum Gasteiger partial charge on any atom is -0.378 e. The fourth-order valence-corrected chi connectivity index (χ4v) is 5.89. The van der Waals surface area contributed by atoms with Crippen molar-refractivity contribution in [1.82, 2.24) is 19.9 Å². The van der Waals surface area contributed by atoms with E-state index < -0.39 is 0 Å². The van der Waals surface area contributed by atoms with Crippen molar-refractivity contribution in [2.75, 3.05) is 54.5 Å². The van der Waals surface area contributed by atoms with Crippen LogP contribution in [0.15, 0.2) is 55.0 Å². The number of morpholine rings is 1. The number of piperidine rings is 1. The van der Waals surface area contributed by atoms with Crippen molar-refractivity contribution < 1.29 is 14.3 Å². The third-order valence-electron chi connectivity index (χ3n) is 7.96. The third-order valence-corrected chi connectivity index (χ3v) is 7.96. The predicted octanol–water partition coefficient (Wildman–Crippen LogP) is 4.24. The Labute approximate surface area is 250 Å². The number of Topliss-reactive ketones (excluding diaryl/α,β-unsaturated/α-hetero) is 1. The lowest BCUT2D eigenvalue weighted by molar-refractivity contribution is -0.116. The molecule has 1 aromatic carbocycles. The second kappa shape index (κ2) is 13.0. The van der Waals surface area contributed by atoms with E-state index >= 15 is 0 Å². The zero-order chi connectivity index (χ0) is 29.6. The highest BCUT2D eigenvalue weighted by Crippen LogP contribution is 2.30. The lowest BCUT2D eigenvalue weighted by Crippen LogP contribution is -2.36. The van der Waals surface area contributed by atoms with Gasteiger partial charge in [0.1, 0.15) is 17.8 Å². The Kier molecular flexibility index (Phi) is 8.61. The van der Waals surface area contributed by atoms with Crippen LogP contribution < -0.4 is 15.1 Å². The third kappa shape index (κ3) is 6.84. The molecule has 2 aliphatic heterocycles. The lowest BCUT2D eigenvalue weighted by atomic mass is 9.92. The number of rotatable bonds is 8. The summed E-state index contributed by atoms with van der Waals surface area (Å²) in [5, 5.41) is 3.97. The van der Waals surface area contributed by atoms with Gasteiger partial charge in [-0.3, -0.25) is 14.6 Å². The van der Waals surface area contributed by atoms with Gasteiger partial charge in [0, 0.05) is 55.9 Å². The molecule has 3 aromatic heterocycles. The first-order chi connectivity index (χ1) is 21.1. The lowest BCUT2D eigenvalue weighted by Gasteiger charge is -2.34. The van der Waals surface area contributed by atoms with Crippen LogP contribution >= 0.6 is 0 Å².